The van der Waals surface area contributed by atoms with Crippen molar-refractivity contribution < 1.29 is 9.15 Å². The van der Waals surface area contributed by atoms with Gasteiger partial charge in [0.2, 0.25) is 5.89 Å². The fourth-order valence-corrected chi connectivity index (χ4v) is 5.22. The minimum absolute atomic E-state index is 0.211. The van der Waals surface area contributed by atoms with E-state index in [4.69, 9.17) is 9.15 Å². The summed E-state index contributed by atoms with van der Waals surface area (Å²) in [6.45, 7) is 1.59. The van der Waals surface area contributed by atoms with Crippen molar-refractivity contribution in [2.24, 2.45) is 0 Å². The highest BCUT2D eigenvalue weighted by atomic mass is 32.2. The first kappa shape index (κ1) is 18.0. The van der Waals surface area contributed by atoms with Gasteiger partial charge in [-0.15, -0.1) is 43.1 Å². The van der Waals surface area contributed by atoms with Gasteiger partial charge in [0.05, 0.1) is 28.2 Å². The number of nitrogens with zero attached hydrogens (tertiary/aromatic N) is 5. The lowest BCUT2D eigenvalue weighted by atomic mass is 10.2. The van der Waals surface area contributed by atoms with Crippen LogP contribution in [-0.2, 0) is 17.0 Å². The Kier molecular flexibility index (Phi) is 5.26. The van der Waals surface area contributed by atoms with Crippen LogP contribution in [0.4, 0.5) is 0 Å². The Bertz CT molecular complexity index is 1020. The third-order valence-corrected chi connectivity index (χ3v) is 7.07. The Labute approximate surface area is 173 Å². The molecule has 4 aromatic rings. The van der Waals surface area contributed by atoms with Gasteiger partial charge < -0.3 is 9.15 Å². The topological polar surface area (TPSA) is 78.9 Å². The maximum atomic E-state index is 5.84. The average Bonchev–Trinajstić information content (AvgIpc) is 3.53. The predicted molar refractivity (Wildman–Crippen MR) is 109 cm³/mol. The molecule has 1 atom stereocenters. The summed E-state index contributed by atoms with van der Waals surface area (Å²) in [5.74, 6) is 2.58. The van der Waals surface area contributed by atoms with Crippen molar-refractivity contribution in [1.82, 2.24) is 25.0 Å². The minimum atomic E-state index is 0.211. The van der Waals surface area contributed by atoms with Crippen LogP contribution in [0.25, 0.3) is 21.5 Å². The zero-order chi connectivity index (χ0) is 18.8. The third kappa shape index (κ3) is 3.77. The number of rotatable bonds is 7. The van der Waals surface area contributed by atoms with E-state index in [0.717, 1.165) is 46.7 Å². The van der Waals surface area contributed by atoms with E-state index in [0.29, 0.717) is 17.5 Å². The second-order valence-corrected chi connectivity index (χ2v) is 9.13. The summed E-state index contributed by atoms with van der Waals surface area (Å²) in [6.07, 6.45) is 2.39. The second kappa shape index (κ2) is 8.16. The van der Waals surface area contributed by atoms with Crippen LogP contribution in [0, 0.1) is 0 Å². The number of thioether (sulfide) groups is 1. The van der Waals surface area contributed by atoms with E-state index in [1.54, 1.807) is 34.4 Å². The largest absolute Gasteiger partial charge is 0.419 e. The van der Waals surface area contributed by atoms with Crippen molar-refractivity contribution in [3.63, 3.8) is 0 Å². The zero-order valence-electron chi connectivity index (χ0n) is 14.9. The molecule has 0 N–H and O–H groups in total. The normalized spacial score (nSPS) is 16.8. The lowest BCUT2D eigenvalue weighted by molar-refractivity contribution is 0.0953. The van der Waals surface area contributed by atoms with E-state index in [1.807, 2.05) is 23.6 Å². The summed E-state index contributed by atoms with van der Waals surface area (Å²) in [5.41, 5.74) is 0. The Morgan fingerprint density at radius 2 is 1.93 bits per heavy atom. The predicted octanol–water partition coefficient (Wildman–Crippen LogP) is 4.59. The molecule has 1 aliphatic heterocycles. The first-order valence-electron chi connectivity index (χ1n) is 8.94. The van der Waals surface area contributed by atoms with Gasteiger partial charge in [-0.3, -0.25) is 4.57 Å². The fourth-order valence-electron chi connectivity index (χ4n) is 3.08. The first-order valence-corrected chi connectivity index (χ1v) is 11.7. The molecule has 7 nitrogen and oxygen atoms in total. The van der Waals surface area contributed by atoms with Crippen LogP contribution >= 0.6 is 34.4 Å². The molecule has 10 heteroatoms. The molecule has 5 rings (SSSR count). The minimum Gasteiger partial charge on any atom is -0.419 e. The van der Waals surface area contributed by atoms with Gasteiger partial charge in [-0.1, -0.05) is 23.9 Å². The molecule has 0 aromatic carbocycles. The number of aromatic nitrogens is 5. The van der Waals surface area contributed by atoms with Crippen LogP contribution < -0.4 is 0 Å². The monoisotopic (exact) mass is 431 g/mol. The molecule has 1 aliphatic rings. The summed E-state index contributed by atoms with van der Waals surface area (Å²) in [7, 11) is 0. The Morgan fingerprint density at radius 3 is 2.68 bits per heavy atom. The summed E-state index contributed by atoms with van der Waals surface area (Å²) in [5, 5.41) is 22.1. The molecule has 0 spiro atoms. The molecule has 5 heterocycles. The van der Waals surface area contributed by atoms with Crippen LogP contribution in [-0.4, -0.2) is 37.7 Å². The van der Waals surface area contributed by atoms with E-state index >= 15 is 0 Å². The van der Waals surface area contributed by atoms with Gasteiger partial charge in [0.1, 0.15) is 0 Å². The van der Waals surface area contributed by atoms with Gasteiger partial charge >= 0.3 is 0 Å². The van der Waals surface area contributed by atoms with Gasteiger partial charge in [0.15, 0.2) is 11.0 Å². The van der Waals surface area contributed by atoms with Crippen molar-refractivity contribution in [1.29, 1.82) is 0 Å². The SMILES string of the molecule is c1csc(-c2nnc(CSc3nnc(-c4cccs4)n3C[C@@H]3CCCO3)o2)c1. The smallest absolute Gasteiger partial charge is 0.257 e. The summed E-state index contributed by atoms with van der Waals surface area (Å²) in [6, 6.07) is 8.04. The first-order chi connectivity index (χ1) is 13.9. The Morgan fingerprint density at radius 1 is 1.07 bits per heavy atom. The highest BCUT2D eigenvalue weighted by Crippen LogP contribution is 2.31. The quantitative estimate of drug-likeness (QED) is 0.396. The number of ether oxygens (including phenoxy) is 1. The van der Waals surface area contributed by atoms with Gasteiger partial charge in [0, 0.05) is 6.61 Å². The molecular formula is C18H17N5O2S3. The van der Waals surface area contributed by atoms with E-state index in [-0.39, 0.29) is 6.10 Å². The standard InChI is InChI=1S/C18H17N5O2S3/c1-4-12(24-7-1)10-23-16(13-5-2-8-26-13)20-22-18(23)28-11-15-19-21-17(25-15)14-6-3-9-27-14/h2-3,5-6,8-9,12H,1,4,7,10-11H2/t12-/m0/s1. The second-order valence-electron chi connectivity index (χ2n) is 6.30. The Hall–Kier alpha value is -2.01. The van der Waals surface area contributed by atoms with Gasteiger partial charge in [-0.05, 0) is 35.7 Å². The van der Waals surface area contributed by atoms with E-state index in [2.05, 4.69) is 36.4 Å². The van der Waals surface area contributed by atoms with Gasteiger partial charge in [-0.25, -0.2) is 0 Å². The Balaban J connectivity index is 1.35. The molecule has 1 fully saturated rings. The van der Waals surface area contributed by atoms with Crippen LogP contribution in [0.15, 0.2) is 44.6 Å². The molecule has 28 heavy (non-hydrogen) atoms. The fraction of sp³-hybridized carbons (Fsp3) is 0.333. The van der Waals surface area contributed by atoms with E-state index in [9.17, 15) is 0 Å². The number of hydrogen-bond donors (Lipinski definition) is 0. The molecule has 1 saturated heterocycles. The zero-order valence-corrected chi connectivity index (χ0v) is 17.3. The molecule has 0 bridgehead atoms. The van der Waals surface area contributed by atoms with Crippen LogP contribution in [0.1, 0.15) is 18.7 Å². The number of thiophene rings is 2. The molecule has 0 saturated carbocycles. The maximum absolute atomic E-state index is 5.84. The highest BCUT2D eigenvalue weighted by molar-refractivity contribution is 7.98. The molecule has 0 aliphatic carbocycles. The van der Waals surface area contributed by atoms with Crippen molar-refractivity contribution in [3.05, 3.63) is 40.9 Å². The van der Waals surface area contributed by atoms with Crippen molar-refractivity contribution >= 4 is 34.4 Å². The summed E-state index contributed by atoms with van der Waals surface area (Å²) < 4.78 is 13.8. The average molecular weight is 432 g/mol. The van der Waals surface area contributed by atoms with Gasteiger partial charge in [-0.2, -0.15) is 0 Å². The molecule has 144 valence electrons. The van der Waals surface area contributed by atoms with Gasteiger partial charge in [0.25, 0.3) is 5.89 Å². The van der Waals surface area contributed by atoms with Crippen LogP contribution in [0.2, 0.25) is 0 Å². The molecular weight excluding hydrogens is 414 g/mol. The number of hydrogen-bond acceptors (Lipinski definition) is 9. The van der Waals surface area contributed by atoms with E-state index < -0.39 is 0 Å². The summed E-state index contributed by atoms with van der Waals surface area (Å²) >= 11 is 4.81. The van der Waals surface area contributed by atoms with E-state index in [1.165, 1.54) is 0 Å². The van der Waals surface area contributed by atoms with Crippen molar-refractivity contribution in [2.75, 3.05) is 6.61 Å². The van der Waals surface area contributed by atoms with Crippen molar-refractivity contribution in [3.8, 4) is 21.5 Å². The molecule has 0 radical (unpaired) electrons. The van der Waals surface area contributed by atoms with Crippen molar-refractivity contribution in [2.45, 2.75) is 36.4 Å². The maximum Gasteiger partial charge on any atom is 0.257 e. The highest BCUT2D eigenvalue weighted by Gasteiger charge is 2.22. The molecule has 4 aromatic heterocycles. The van der Waals surface area contributed by atoms with Crippen LogP contribution in [0.5, 0.6) is 0 Å². The molecule has 0 unspecified atom stereocenters. The third-order valence-electron chi connectivity index (χ3n) is 4.39. The lowest BCUT2D eigenvalue weighted by Gasteiger charge is -2.13. The molecule has 0 amide bonds. The summed E-state index contributed by atoms with van der Waals surface area (Å²) in [4.78, 5) is 2.08. The van der Waals surface area contributed by atoms with Crippen LogP contribution in [0.3, 0.4) is 0 Å². The lowest BCUT2D eigenvalue weighted by Crippen LogP contribution is -2.16.